The third kappa shape index (κ3) is 5.16. The normalized spacial score (nSPS) is 14.1. The lowest BCUT2D eigenvalue weighted by Gasteiger charge is -2.29. The quantitative estimate of drug-likeness (QED) is 0.298. The number of hydrogen-bond acceptors (Lipinski definition) is 7. The first kappa shape index (κ1) is 25.9. The zero-order valence-electron chi connectivity index (χ0n) is 22.1. The Bertz CT molecular complexity index is 1420. The summed E-state index contributed by atoms with van der Waals surface area (Å²) in [5, 5.41) is 17.9. The van der Waals surface area contributed by atoms with Crippen LogP contribution >= 0.6 is 0 Å². The number of tetrazole rings is 1. The van der Waals surface area contributed by atoms with Crippen molar-refractivity contribution in [3.8, 4) is 0 Å². The van der Waals surface area contributed by atoms with Crippen LogP contribution in [0.2, 0.25) is 0 Å². The zero-order valence-corrected chi connectivity index (χ0v) is 22.1. The first-order valence-electron chi connectivity index (χ1n) is 12.9. The summed E-state index contributed by atoms with van der Waals surface area (Å²) in [6, 6.07) is 4.06. The fourth-order valence-corrected chi connectivity index (χ4v) is 5.36. The molecule has 38 heavy (non-hydrogen) atoms. The maximum atomic E-state index is 14.0. The van der Waals surface area contributed by atoms with Gasteiger partial charge in [0, 0.05) is 44.2 Å². The van der Waals surface area contributed by atoms with E-state index in [0.29, 0.717) is 12.5 Å². The van der Waals surface area contributed by atoms with Crippen LogP contribution in [0.25, 0.3) is 11.0 Å². The second-order valence-corrected chi connectivity index (χ2v) is 10.0. The number of anilines is 2. The fourth-order valence-electron chi connectivity index (χ4n) is 5.36. The monoisotopic (exact) mass is 527 g/mol. The van der Waals surface area contributed by atoms with Crippen molar-refractivity contribution in [3.05, 3.63) is 52.5 Å². The number of benzene rings is 1. The van der Waals surface area contributed by atoms with Crippen LogP contribution in [0.5, 0.6) is 0 Å². The van der Waals surface area contributed by atoms with Gasteiger partial charge in [-0.2, -0.15) is 9.90 Å². The predicted octanol–water partition coefficient (Wildman–Crippen LogP) is 4.44. The Hall–Kier alpha value is -3.70. The summed E-state index contributed by atoms with van der Waals surface area (Å²) in [6.07, 6.45) is 4.91. The van der Waals surface area contributed by atoms with Crippen molar-refractivity contribution in [2.75, 3.05) is 22.9 Å². The van der Waals surface area contributed by atoms with Crippen molar-refractivity contribution in [2.24, 2.45) is 20.0 Å². The lowest BCUT2D eigenvalue weighted by molar-refractivity contribution is 0.445. The highest BCUT2D eigenvalue weighted by Gasteiger charge is 2.25. The Morgan fingerprint density at radius 1 is 0.974 bits per heavy atom. The summed E-state index contributed by atoms with van der Waals surface area (Å²) in [5.74, 6) is -2.25. The SMILES string of the molecule is CCN(CC1CCCC1)c1nc2c(cc1CN(Cc1cc(F)c(F)c(F)c1)c1nnn(C)n1)c(C)nn2C. The molecule has 0 saturated heterocycles. The lowest BCUT2D eigenvalue weighted by atomic mass is 10.1. The van der Waals surface area contributed by atoms with E-state index in [1.165, 1.54) is 30.5 Å². The van der Waals surface area contributed by atoms with E-state index in [4.69, 9.17) is 4.98 Å². The average molecular weight is 528 g/mol. The molecule has 1 saturated carbocycles. The first-order chi connectivity index (χ1) is 18.2. The van der Waals surface area contributed by atoms with Gasteiger partial charge in [0.1, 0.15) is 5.82 Å². The van der Waals surface area contributed by atoms with E-state index in [-0.39, 0.29) is 18.1 Å². The Morgan fingerprint density at radius 3 is 2.32 bits per heavy atom. The Morgan fingerprint density at radius 2 is 1.68 bits per heavy atom. The molecule has 12 heteroatoms. The molecule has 202 valence electrons. The van der Waals surface area contributed by atoms with Crippen molar-refractivity contribution < 1.29 is 13.2 Å². The smallest absolute Gasteiger partial charge is 0.266 e. The topological polar surface area (TPSA) is 80.8 Å². The van der Waals surface area contributed by atoms with Gasteiger partial charge in [0.15, 0.2) is 23.1 Å². The molecular weight excluding hydrogens is 495 g/mol. The summed E-state index contributed by atoms with van der Waals surface area (Å²) in [6.45, 7) is 6.06. The maximum absolute atomic E-state index is 14.0. The number of hydrogen-bond donors (Lipinski definition) is 0. The number of halogens is 3. The number of pyridine rings is 1. The molecule has 0 amide bonds. The van der Waals surface area contributed by atoms with Crippen molar-refractivity contribution in [2.45, 2.75) is 52.6 Å². The summed E-state index contributed by atoms with van der Waals surface area (Å²) >= 11 is 0. The summed E-state index contributed by atoms with van der Waals surface area (Å²) in [7, 11) is 3.52. The molecule has 1 fully saturated rings. The van der Waals surface area contributed by atoms with Gasteiger partial charge in [-0.15, -0.1) is 5.10 Å². The van der Waals surface area contributed by atoms with Gasteiger partial charge in [-0.3, -0.25) is 4.68 Å². The van der Waals surface area contributed by atoms with Gasteiger partial charge in [0.25, 0.3) is 5.95 Å². The first-order valence-corrected chi connectivity index (χ1v) is 12.9. The Labute approximate surface area is 219 Å². The molecule has 0 bridgehead atoms. The number of aromatic nitrogens is 7. The van der Waals surface area contributed by atoms with Gasteiger partial charge in [0.2, 0.25) is 0 Å². The third-order valence-electron chi connectivity index (χ3n) is 7.25. The number of nitrogens with zero attached hydrogens (tertiary/aromatic N) is 9. The Kier molecular flexibility index (Phi) is 7.22. The highest BCUT2D eigenvalue weighted by molar-refractivity contribution is 5.81. The van der Waals surface area contributed by atoms with Crippen LogP contribution in [-0.4, -0.2) is 48.1 Å². The number of rotatable bonds is 9. The van der Waals surface area contributed by atoms with E-state index < -0.39 is 17.5 Å². The van der Waals surface area contributed by atoms with Crippen molar-refractivity contribution in [1.29, 1.82) is 0 Å². The van der Waals surface area contributed by atoms with Crippen LogP contribution in [-0.2, 0) is 27.2 Å². The van der Waals surface area contributed by atoms with Crippen molar-refractivity contribution in [1.82, 2.24) is 35.0 Å². The molecule has 0 aliphatic heterocycles. The minimum Gasteiger partial charge on any atom is -0.356 e. The van der Waals surface area contributed by atoms with Crippen LogP contribution < -0.4 is 9.80 Å². The Balaban J connectivity index is 1.57. The van der Waals surface area contributed by atoms with E-state index in [2.05, 4.69) is 38.4 Å². The number of fused-ring (bicyclic) bond motifs is 1. The summed E-state index contributed by atoms with van der Waals surface area (Å²) < 4.78 is 43.5. The van der Waals surface area contributed by atoms with Crippen LogP contribution in [0.4, 0.5) is 24.9 Å². The molecule has 1 aliphatic carbocycles. The van der Waals surface area contributed by atoms with Crippen LogP contribution in [0.15, 0.2) is 18.2 Å². The van der Waals surface area contributed by atoms with E-state index in [9.17, 15) is 13.2 Å². The van der Waals surface area contributed by atoms with E-state index in [0.717, 1.165) is 53.3 Å². The molecule has 3 aromatic heterocycles. The molecule has 0 spiro atoms. The molecule has 0 atom stereocenters. The van der Waals surface area contributed by atoms with E-state index in [1.54, 1.807) is 16.6 Å². The van der Waals surface area contributed by atoms with Crippen LogP contribution in [0.3, 0.4) is 0 Å². The maximum Gasteiger partial charge on any atom is 0.266 e. The second kappa shape index (κ2) is 10.6. The minimum atomic E-state index is -1.49. The molecule has 0 radical (unpaired) electrons. The molecule has 9 nitrogen and oxygen atoms in total. The highest BCUT2D eigenvalue weighted by atomic mass is 19.2. The molecular formula is C26H32F3N9. The van der Waals surface area contributed by atoms with Crippen molar-refractivity contribution in [3.63, 3.8) is 0 Å². The summed E-state index contributed by atoms with van der Waals surface area (Å²) in [4.78, 5) is 10.5. The zero-order chi connectivity index (χ0) is 27.0. The van der Waals surface area contributed by atoms with Gasteiger partial charge in [-0.25, -0.2) is 18.2 Å². The molecule has 0 N–H and O–H groups in total. The standard InChI is InChI=1S/C26H32F3N9/c1-5-37(13-17-8-6-7-9-17)24-19(12-20-16(2)32-35(3)25(20)30-24)15-38(26-31-34-36(4)33-26)14-18-10-21(27)23(29)22(28)11-18/h10-12,17H,5-9,13-15H2,1-4H3. The molecule has 5 rings (SSSR count). The summed E-state index contributed by atoms with van der Waals surface area (Å²) in [5.41, 5.74) is 2.80. The highest BCUT2D eigenvalue weighted by Crippen LogP contribution is 2.31. The molecule has 1 aliphatic rings. The van der Waals surface area contributed by atoms with Gasteiger partial charge in [-0.05, 0) is 61.6 Å². The number of aryl methyl sites for hydroxylation is 3. The van der Waals surface area contributed by atoms with Gasteiger partial charge in [0.05, 0.1) is 12.7 Å². The fraction of sp³-hybridized carbons (Fsp3) is 0.500. The third-order valence-corrected chi connectivity index (χ3v) is 7.25. The molecule has 3 heterocycles. The van der Waals surface area contributed by atoms with Gasteiger partial charge < -0.3 is 9.80 Å². The lowest BCUT2D eigenvalue weighted by Crippen LogP contribution is -2.32. The predicted molar refractivity (Wildman–Crippen MR) is 138 cm³/mol. The largest absolute Gasteiger partial charge is 0.356 e. The minimum absolute atomic E-state index is 0.0397. The molecule has 4 aromatic rings. The molecule has 1 aromatic carbocycles. The van der Waals surface area contributed by atoms with Crippen LogP contribution in [0, 0.1) is 30.3 Å². The second-order valence-electron chi connectivity index (χ2n) is 10.0. The average Bonchev–Trinajstić information content (AvgIpc) is 3.62. The van der Waals surface area contributed by atoms with E-state index in [1.807, 2.05) is 14.0 Å². The van der Waals surface area contributed by atoms with Gasteiger partial charge in [-0.1, -0.05) is 17.9 Å². The molecule has 0 unspecified atom stereocenters. The van der Waals surface area contributed by atoms with Crippen LogP contribution in [0.1, 0.15) is 49.4 Å². The van der Waals surface area contributed by atoms with E-state index >= 15 is 0 Å². The van der Waals surface area contributed by atoms with Crippen molar-refractivity contribution >= 4 is 22.8 Å². The van der Waals surface area contributed by atoms with Gasteiger partial charge >= 0.3 is 0 Å².